The Morgan fingerprint density at radius 2 is 2.00 bits per heavy atom. The molecule has 1 rings (SSSR count). The van der Waals surface area contributed by atoms with Crippen molar-refractivity contribution < 1.29 is 9.53 Å². The summed E-state index contributed by atoms with van der Waals surface area (Å²) < 4.78 is 5.46. The first kappa shape index (κ1) is 11.7. The van der Waals surface area contributed by atoms with Crippen molar-refractivity contribution in [1.82, 2.24) is 4.90 Å². The zero-order chi connectivity index (χ0) is 10.4. The van der Waals surface area contributed by atoms with E-state index in [1.54, 1.807) is 0 Å². The molecule has 0 radical (unpaired) electrons. The predicted molar refractivity (Wildman–Crippen MR) is 56.4 cm³/mol. The molecule has 0 aromatic heterocycles. The van der Waals surface area contributed by atoms with Gasteiger partial charge >= 0.3 is 0 Å². The third-order valence-electron chi connectivity index (χ3n) is 2.48. The van der Waals surface area contributed by atoms with Crippen LogP contribution < -0.4 is 0 Å². The molecule has 82 valence electrons. The summed E-state index contributed by atoms with van der Waals surface area (Å²) in [6, 6.07) is 0. The number of ketones is 1. The van der Waals surface area contributed by atoms with Crippen molar-refractivity contribution in [3.63, 3.8) is 0 Å². The summed E-state index contributed by atoms with van der Waals surface area (Å²) in [5.74, 6) is 0.416. The zero-order valence-corrected chi connectivity index (χ0v) is 9.29. The van der Waals surface area contributed by atoms with Crippen molar-refractivity contribution in [3.8, 4) is 0 Å². The molecule has 0 atom stereocenters. The molecular formula is C11H21NO2. The highest BCUT2D eigenvalue weighted by Crippen LogP contribution is 2.06. The molecule has 1 heterocycles. The number of carbonyl (C=O) groups excluding carboxylic acids is 1. The fraction of sp³-hybridized carbons (Fsp3) is 0.909. The van der Waals surface area contributed by atoms with Crippen molar-refractivity contribution in [2.45, 2.75) is 39.2 Å². The predicted octanol–water partition coefficient (Wildman–Crippen LogP) is 1.47. The quantitative estimate of drug-likeness (QED) is 0.628. The Hall–Kier alpha value is -0.410. The lowest BCUT2D eigenvalue weighted by Crippen LogP contribution is -2.34. The number of carbonyl (C=O) groups is 1. The molecule has 0 aromatic carbocycles. The molecule has 0 amide bonds. The largest absolute Gasteiger partial charge is 0.379 e. The Balaban J connectivity index is 1.99. The van der Waals surface area contributed by atoms with E-state index in [1.807, 2.05) is 0 Å². The van der Waals surface area contributed by atoms with Gasteiger partial charge in [0.1, 0.15) is 5.78 Å². The Morgan fingerprint density at radius 1 is 1.36 bits per heavy atom. The van der Waals surface area contributed by atoms with Gasteiger partial charge in [-0.3, -0.25) is 4.79 Å². The van der Waals surface area contributed by atoms with Crippen LogP contribution in [0, 0.1) is 0 Å². The van der Waals surface area contributed by atoms with Gasteiger partial charge in [0, 0.05) is 39.1 Å². The van der Waals surface area contributed by atoms with Gasteiger partial charge in [-0.15, -0.1) is 0 Å². The van der Waals surface area contributed by atoms with E-state index in [-0.39, 0.29) is 0 Å². The van der Waals surface area contributed by atoms with Crippen molar-refractivity contribution >= 4 is 5.78 Å². The van der Waals surface area contributed by atoms with Gasteiger partial charge in [0.05, 0.1) is 6.10 Å². The molecule has 3 nitrogen and oxygen atoms in total. The van der Waals surface area contributed by atoms with Crippen LogP contribution in [0.15, 0.2) is 0 Å². The van der Waals surface area contributed by atoms with Crippen LogP contribution in [0.3, 0.4) is 0 Å². The van der Waals surface area contributed by atoms with Crippen LogP contribution in [0.4, 0.5) is 0 Å². The topological polar surface area (TPSA) is 29.5 Å². The van der Waals surface area contributed by atoms with Gasteiger partial charge in [-0.25, -0.2) is 0 Å². The van der Waals surface area contributed by atoms with Crippen LogP contribution >= 0.6 is 0 Å². The molecule has 1 fully saturated rings. The van der Waals surface area contributed by atoms with Crippen LogP contribution in [0.2, 0.25) is 0 Å². The van der Waals surface area contributed by atoms with E-state index in [2.05, 4.69) is 18.7 Å². The number of hydrogen-bond donors (Lipinski definition) is 0. The van der Waals surface area contributed by atoms with Crippen molar-refractivity contribution in [2.24, 2.45) is 0 Å². The van der Waals surface area contributed by atoms with E-state index < -0.39 is 0 Å². The normalized spacial score (nSPS) is 19.2. The second-order valence-electron chi connectivity index (χ2n) is 4.15. The number of nitrogens with zero attached hydrogens (tertiary/aromatic N) is 1. The second-order valence-corrected chi connectivity index (χ2v) is 4.15. The van der Waals surface area contributed by atoms with Crippen molar-refractivity contribution in [3.05, 3.63) is 0 Å². The minimum Gasteiger partial charge on any atom is -0.379 e. The first-order chi connectivity index (χ1) is 6.68. The lowest BCUT2D eigenvalue weighted by atomic mass is 10.1. The molecule has 0 aliphatic carbocycles. The van der Waals surface area contributed by atoms with Gasteiger partial charge in [0.2, 0.25) is 0 Å². The number of piperidine rings is 1. The van der Waals surface area contributed by atoms with E-state index in [1.165, 1.54) is 0 Å². The maximum absolute atomic E-state index is 11.0. The van der Waals surface area contributed by atoms with Crippen LogP contribution in [0.5, 0.6) is 0 Å². The molecule has 1 aliphatic rings. The minimum atomic E-state index is 0.331. The summed E-state index contributed by atoms with van der Waals surface area (Å²) in [6.45, 7) is 7.91. The van der Waals surface area contributed by atoms with Crippen molar-refractivity contribution in [2.75, 3.05) is 26.2 Å². The monoisotopic (exact) mass is 199 g/mol. The third kappa shape index (κ3) is 4.72. The maximum Gasteiger partial charge on any atom is 0.135 e. The Kier molecular flexibility index (Phi) is 5.12. The van der Waals surface area contributed by atoms with Gasteiger partial charge < -0.3 is 9.64 Å². The summed E-state index contributed by atoms with van der Waals surface area (Å²) in [5, 5.41) is 0. The molecule has 0 aromatic rings. The summed E-state index contributed by atoms with van der Waals surface area (Å²) in [4.78, 5) is 13.3. The van der Waals surface area contributed by atoms with E-state index in [4.69, 9.17) is 4.74 Å². The van der Waals surface area contributed by atoms with E-state index in [0.717, 1.165) is 45.5 Å². The van der Waals surface area contributed by atoms with Crippen LogP contribution in [0.1, 0.15) is 33.1 Å². The van der Waals surface area contributed by atoms with Crippen LogP contribution in [0.25, 0.3) is 0 Å². The molecule has 3 heteroatoms. The number of Topliss-reactive ketones (excluding diaryl/α,β-unsaturated/α-hetero) is 1. The molecule has 1 saturated heterocycles. The maximum atomic E-state index is 11.0. The minimum absolute atomic E-state index is 0.331. The SMILES string of the molecule is CC(C)OCCCN1CCC(=O)CC1. The fourth-order valence-electron chi connectivity index (χ4n) is 1.63. The average Bonchev–Trinajstić information content (AvgIpc) is 2.15. The molecule has 0 spiro atoms. The highest BCUT2D eigenvalue weighted by Gasteiger charge is 2.14. The molecule has 14 heavy (non-hydrogen) atoms. The van der Waals surface area contributed by atoms with Crippen LogP contribution in [-0.2, 0) is 9.53 Å². The smallest absolute Gasteiger partial charge is 0.135 e. The second kappa shape index (κ2) is 6.14. The average molecular weight is 199 g/mol. The summed E-state index contributed by atoms with van der Waals surface area (Å²) in [7, 11) is 0. The molecule has 0 N–H and O–H groups in total. The number of hydrogen-bond acceptors (Lipinski definition) is 3. The Bertz CT molecular complexity index is 170. The molecule has 0 saturated carbocycles. The van der Waals surface area contributed by atoms with Gasteiger partial charge in [-0.05, 0) is 20.3 Å². The number of ether oxygens (including phenoxy) is 1. The molecular weight excluding hydrogens is 178 g/mol. The lowest BCUT2D eigenvalue weighted by Gasteiger charge is -2.25. The fourth-order valence-corrected chi connectivity index (χ4v) is 1.63. The first-order valence-corrected chi connectivity index (χ1v) is 5.54. The van der Waals surface area contributed by atoms with Crippen molar-refractivity contribution in [1.29, 1.82) is 0 Å². The number of rotatable bonds is 5. The third-order valence-corrected chi connectivity index (χ3v) is 2.48. The first-order valence-electron chi connectivity index (χ1n) is 5.54. The van der Waals surface area contributed by atoms with E-state index in [0.29, 0.717) is 11.9 Å². The Labute approximate surface area is 86.4 Å². The molecule has 0 unspecified atom stereocenters. The van der Waals surface area contributed by atoms with Gasteiger partial charge in [0.25, 0.3) is 0 Å². The zero-order valence-electron chi connectivity index (χ0n) is 9.29. The summed E-state index contributed by atoms with van der Waals surface area (Å²) in [6.07, 6.45) is 2.89. The Morgan fingerprint density at radius 3 is 2.57 bits per heavy atom. The lowest BCUT2D eigenvalue weighted by molar-refractivity contribution is -0.121. The highest BCUT2D eigenvalue weighted by atomic mass is 16.5. The summed E-state index contributed by atoms with van der Waals surface area (Å²) >= 11 is 0. The van der Waals surface area contributed by atoms with E-state index >= 15 is 0 Å². The highest BCUT2D eigenvalue weighted by molar-refractivity contribution is 5.79. The molecule has 1 aliphatic heterocycles. The van der Waals surface area contributed by atoms with Crippen LogP contribution in [-0.4, -0.2) is 43.0 Å². The van der Waals surface area contributed by atoms with Gasteiger partial charge in [-0.2, -0.15) is 0 Å². The van der Waals surface area contributed by atoms with E-state index in [9.17, 15) is 4.79 Å². The number of likely N-dealkylation sites (tertiary alicyclic amines) is 1. The molecule has 0 bridgehead atoms. The van der Waals surface area contributed by atoms with Gasteiger partial charge in [-0.1, -0.05) is 0 Å². The standard InChI is InChI=1S/C11H21NO2/c1-10(2)14-9-3-6-12-7-4-11(13)5-8-12/h10H,3-9H2,1-2H3. The van der Waals surface area contributed by atoms with Gasteiger partial charge in [0.15, 0.2) is 0 Å². The summed E-state index contributed by atoms with van der Waals surface area (Å²) in [5.41, 5.74) is 0.